The maximum Gasteiger partial charge on any atom is 0.107 e. The van der Waals surface area contributed by atoms with Crippen LogP contribution in [0.2, 0.25) is 0 Å². The van der Waals surface area contributed by atoms with Crippen molar-refractivity contribution in [2.75, 3.05) is 6.61 Å². The molecule has 0 heterocycles. The molecule has 0 radical (unpaired) electrons. The SMILES string of the molecule is C#CCOCc1ccc2ccc(C)cc2c1. The highest BCUT2D eigenvalue weighted by Crippen LogP contribution is 2.18. The van der Waals surface area contributed by atoms with Crippen LogP contribution >= 0.6 is 0 Å². The summed E-state index contributed by atoms with van der Waals surface area (Å²) >= 11 is 0. The molecule has 2 aromatic rings. The smallest absolute Gasteiger partial charge is 0.107 e. The summed E-state index contributed by atoms with van der Waals surface area (Å²) in [6.45, 7) is 3.04. The number of aryl methyl sites for hydroxylation is 1. The Morgan fingerprint density at radius 2 is 1.94 bits per heavy atom. The Morgan fingerprint density at radius 3 is 2.75 bits per heavy atom. The fourth-order valence-corrected chi connectivity index (χ4v) is 1.73. The number of hydrogen-bond donors (Lipinski definition) is 0. The van der Waals surface area contributed by atoms with E-state index >= 15 is 0 Å². The third-order valence-corrected chi connectivity index (χ3v) is 2.51. The second-order valence-electron chi connectivity index (χ2n) is 3.88. The topological polar surface area (TPSA) is 9.23 Å². The molecule has 0 N–H and O–H groups in total. The highest BCUT2D eigenvalue weighted by molar-refractivity contribution is 5.83. The van der Waals surface area contributed by atoms with E-state index in [-0.39, 0.29) is 0 Å². The van der Waals surface area contributed by atoms with Crippen LogP contribution in [0.25, 0.3) is 10.8 Å². The first-order valence-corrected chi connectivity index (χ1v) is 5.30. The van der Waals surface area contributed by atoms with Crippen molar-refractivity contribution in [2.24, 2.45) is 0 Å². The molecule has 1 nitrogen and oxygen atoms in total. The Labute approximate surface area is 96.1 Å². The quantitative estimate of drug-likeness (QED) is 0.558. The Balaban J connectivity index is 2.25. The average molecular weight is 210 g/mol. The second-order valence-corrected chi connectivity index (χ2v) is 3.88. The lowest BCUT2D eigenvalue weighted by molar-refractivity contribution is 0.153. The number of rotatable bonds is 3. The standard InChI is InChI=1S/C15H14O/c1-3-8-16-11-13-5-7-14-6-4-12(2)9-15(14)10-13/h1,4-7,9-10H,8,11H2,2H3. The van der Waals surface area contributed by atoms with E-state index in [1.165, 1.54) is 16.3 Å². The van der Waals surface area contributed by atoms with Crippen molar-refractivity contribution in [2.45, 2.75) is 13.5 Å². The van der Waals surface area contributed by atoms with Gasteiger partial charge in [0.25, 0.3) is 0 Å². The fourth-order valence-electron chi connectivity index (χ4n) is 1.73. The van der Waals surface area contributed by atoms with Gasteiger partial charge in [0, 0.05) is 0 Å². The van der Waals surface area contributed by atoms with E-state index in [1.54, 1.807) is 0 Å². The van der Waals surface area contributed by atoms with Crippen molar-refractivity contribution in [1.82, 2.24) is 0 Å². The largest absolute Gasteiger partial charge is 0.364 e. The molecule has 0 aliphatic rings. The molecule has 2 aromatic carbocycles. The van der Waals surface area contributed by atoms with Gasteiger partial charge in [-0.1, -0.05) is 41.8 Å². The van der Waals surface area contributed by atoms with Gasteiger partial charge < -0.3 is 4.74 Å². The molecule has 0 aliphatic heterocycles. The van der Waals surface area contributed by atoms with Crippen LogP contribution in [0.5, 0.6) is 0 Å². The summed E-state index contributed by atoms with van der Waals surface area (Å²) in [5, 5.41) is 2.51. The van der Waals surface area contributed by atoms with Crippen LogP contribution in [0.4, 0.5) is 0 Å². The first-order chi connectivity index (χ1) is 7.79. The molecular formula is C15H14O. The zero-order chi connectivity index (χ0) is 11.4. The van der Waals surface area contributed by atoms with Crippen molar-refractivity contribution in [1.29, 1.82) is 0 Å². The lowest BCUT2D eigenvalue weighted by Crippen LogP contribution is -1.92. The summed E-state index contributed by atoms with van der Waals surface area (Å²) < 4.78 is 5.31. The van der Waals surface area contributed by atoms with Gasteiger partial charge in [0.05, 0.1) is 6.61 Å². The molecule has 0 amide bonds. The van der Waals surface area contributed by atoms with Crippen LogP contribution in [0.1, 0.15) is 11.1 Å². The molecule has 0 saturated carbocycles. The van der Waals surface area contributed by atoms with Crippen molar-refractivity contribution in [3.05, 3.63) is 47.5 Å². The number of hydrogen-bond acceptors (Lipinski definition) is 1. The van der Waals surface area contributed by atoms with Gasteiger partial charge in [0.1, 0.15) is 6.61 Å². The first-order valence-electron chi connectivity index (χ1n) is 5.30. The minimum atomic E-state index is 0.367. The van der Waals surface area contributed by atoms with Crippen molar-refractivity contribution >= 4 is 10.8 Å². The average Bonchev–Trinajstić information content (AvgIpc) is 2.29. The third-order valence-electron chi connectivity index (χ3n) is 2.51. The predicted molar refractivity (Wildman–Crippen MR) is 67.2 cm³/mol. The van der Waals surface area contributed by atoms with Gasteiger partial charge in [0.2, 0.25) is 0 Å². The molecule has 0 aromatic heterocycles. The number of terminal acetylenes is 1. The number of benzene rings is 2. The van der Waals surface area contributed by atoms with Gasteiger partial charge in [-0.25, -0.2) is 0 Å². The molecule has 0 unspecified atom stereocenters. The molecule has 1 heteroatoms. The van der Waals surface area contributed by atoms with Gasteiger partial charge >= 0.3 is 0 Å². The molecule has 0 atom stereocenters. The third kappa shape index (κ3) is 2.42. The van der Waals surface area contributed by atoms with E-state index in [4.69, 9.17) is 11.2 Å². The van der Waals surface area contributed by atoms with Gasteiger partial charge in [-0.2, -0.15) is 0 Å². The first kappa shape index (κ1) is 10.7. The van der Waals surface area contributed by atoms with Crippen LogP contribution in [0.3, 0.4) is 0 Å². The second kappa shape index (κ2) is 4.83. The van der Waals surface area contributed by atoms with Gasteiger partial charge in [-0.3, -0.25) is 0 Å². The lowest BCUT2D eigenvalue weighted by atomic mass is 10.1. The van der Waals surface area contributed by atoms with Crippen LogP contribution < -0.4 is 0 Å². The highest BCUT2D eigenvalue weighted by Gasteiger charge is 1.97. The summed E-state index contributed by atoms with van der Waals surface area (Å²) in [6.07, 6.45) is 5.13. The van der Waals surface area contributed by atoms with Gasteiger partial charge in [-0.05, 0) is 29.3 Å². The van der Waals surface area contributed by atoms with Crippen LogP contribution in [0, 0.1) is 19.3 Å². The van der Waals surface area contributed by atoms with E-state index < -0.39 is 0 Å². The summed E-state index contributed by atoms with van der Waals surface area (Å²) in [7, 11) is 0. The fraction of sp³-hybridized carbons (Fsp3) is 0.200. The Bertz CT molecular complexity index is 535. The number of ether oxygens (including phenoxy) is 1. The minimum absolute atomic E-state index is 0.367. The lowest BCUT2D eigenvalue weighted by Gasteiger charge is -2.04. The normalized spacial score (nSPS) is 10.2. The molecular weight excluding hydrogens is 196 g/mol. The van der Waals surface area contributed by atoms with E-state index in [1.807, 2.05) is 0 Å². The van der Waals surface area contributed by atoms with Crippen LogP contribution in [0.15, 0.2) is 36.4 Å². The molecule has 0 bridgehead atoms. The van der Waals surface area contributed by atoms with E-state index in [0.717, 1.165) is 5.56 Å². The molecule has 16 heavy (non-hydrogen) atoms. The van der Waals surface area contributed by atoms with Crippen LogP contribution in [-0.4, -0.2) is 6.61 Å². The minimum Gasteiger partial charge on any atom is -0.364 e. The molecule has 2 rings (SSSR count). The van der Waals surface area contributed by atoms with E-state index in [9.17, 15) is 0 Å². The Hall–Kier alpha value is -1.78. The van der Waals surface area contributed by atoms with Crippen molar-refractivity contribution in [3.63, 3.8) is 0 Å². The van der Waals surface area contributed by atoms with Crippen LogP contribution in [-0.2, 0) is 11.3 Å². The maximum absolute atomic E-state index is 5.31. The van der Waals surface area contributed by atoms with E-state index in [2.05, 4.69) is 49.2 Å². The molecule has 80 valence electrons. The summed E-state index contributed by atoms with van der Waals surface area (Å²) in [4.78, 5) is 0. The maximum atomic E-state index is 5.31. The predicted octanol–water partition coefficient (Wildman–Crippen LogP) is 3.30. The van der Waals surface area contributed by atoms with Crippen molar-refractivity contribution in [3.8, 4) is 12.3 Å². The Kier molecular flexibility index (Phi) is 3.24. The summed E-state index contributed by atoms with van der Waals surface area (Å²) in [6, 6.07) is 12.8. The zero-order valence-electron chi connectivity index (χ0n) is 9.36. The van der Waals surface area contributed by atoms with Crippen molar-refractivity contribution < 1.29 is 4.74 Å². The number of fused-ring (bicyclic) bond motifs is 1. The monoisotopic (exact) mass is 210 g/mol. The Morgan fingerprint density at radius 1 is 1.12 bits per heavy atom. The molecule has 0 fully saturated rings. The molecule has 0 saturated heterocycles. The highest BCUT2D eigenvalue weighted by atomic mass is 16.5. The zero-order valence-corrected chi connectivity index (χ0v) is 9.36. The van der Waals surface area contributed by atoms with E-state index in [0.29, 0.717) is 13.2 Å². The molecule has 0 spiro atoms. The van der Waals surface area contributed by atoms with Gasteiger partial charge in [0.15, 0.2) is 0 Å². The summed E-state index contributed by atoms with van der Waals surface area (Å²) in [5.74, 6) is 2.46. The summed E-state index contributed by atoms with van der Waals surface area (Å²) in [5.41, 5.74) is 2.43. The molecule has 0 aliphatic carbocycles. The van der Waals surface area contributed by atoms with Gasteiger partial charge in [-0.15, -0.1) is 6.42 Å².